The lowest BCUT2D eigenvalue weighted by Gasteiger charge is -2.17. The van der Waals surface area contributed by atoms with E-state index in [4.69, 9.17) is 16.3 Å². The summed E-state index contributed by atoms with van der Waals surface area (Å²) in [5.74, 6) is -0.327. The number of fused-ring (bicyclic) bond motifs is 1. The van der Waals surface area contributed by atoms with Gasteiger partial charge in [-0.15, -0.1) is 0 Å². The SMILES string of the molecule is CN(CCOC(=O)Nc1cc2cccnc2cn1)C(=O)CCc1cccc(F)c1Cl. The Hall–Kier alpha value is -3.26. The van der Waals surface area contributed by atoms with Crippen LogP contribution in [-0.4, -0.2) is 47.1 Å². The van der Waals surface area contributed by atoms with Crippen molar-refractivity contribution < 1.29 is 18.7 Å². The molecule has 156 valence electrons. The fraction of sp³-hybridized carbons (Fsp3) is 0.238. The van der Waals surface area contributed by atoms with Crippen LogP contribution >= 0.6 is 11.6 Å². The summed E-state index contributed by atoms with van der Waals surface area (Å²) in [7, 11) is 1.61. The van der Waals surface area contributed by atoms with Gasteiger partial charge in [-0.3, -0.25) is 15.1 Å². The van der Waals surface area contributed by atoms with E-state index in [0.717, 1.165) is 10.9 Å². The highest BCUT2D eigenvalue weighted by Gasteiger charge is 2.13. The summed E-state index contributed by atoms with van der Waals surface area (Å²) >= 11 is 5.90. The maximum atomic E-state index is 13.4. The standard InChI is InChI=1S/C21H20ClFN4O3/c1-27(19(28)8-7-14-4-2-6-16(23)20(14)22)10-11-30-21(29)26-18-12-15-5-3-9-24-17(15)13-25-18/h2-6,9,12-13H,7-8,10-11H2,1H3,(H,25,26,29). The van der Waals surface area contributed by atoms with E-state index < -0.39 is 11.9 Å². The fourth-order valence-corrected chi connectivity index (χ4v) is 2.98. The molecule has 2 amide bonds. The van der Waals surface area contributed by atoms with Gasteiger partial charge in [0, 0.05) is 25.1 Å². The quantitative estimate of drug-likeness (QED) is 0.611. The summed E-state index contributed by atoms with van der Waals surface area (Å²) in [4.78, 5) is 33.9. The third-order valence-electron chi connectivity index (χ3n) is 4.44. The molecule has 0 aliphatic rings. The Kier molecular flexibility index (Phi) is 7.13. The van der Waals surface area contributed by atoms with Gasteiger partial charge in [0.25, 0.3) is 0 Å². The summed E-state index contributed by atoms with van der Waals surface area (Å²) in [5, 5.41) is 3.41. The number of rotatable bonds is 7. The molecule has 0 unspecified atom stereocenters. The molecule has 0 spiro atoms. The van der Waals surface area contributed by atoms with Crippen molar-refractivity contribution >= 4 is 40.3 Å². The van der Waals surface area contributed by atoms with Crippen LogP contribution in [0.2, 0.25) is 5.02 Å². The van der Waals surface area contributed by atoms with Crippen molar-refractivity contribution in [2.45, 2.75) is 12.8 Å². The number of aryl methyl sites for hydroxylation is 1. The van der Waals surface area contributed by atoms with Crippen LogP contribution in [0.15, 0.2) is 48.8 Å². The Balaban J connectivity index is 1.41. The Morgan fingerprint density at radius 3 is 2.90 bits per heavy atom. The summed E-state index contributed by atoms with van der Waals surface area (Å²) in [6, 6.07) is 9.85. The maximum Gasteiger partial charge on any atom is 0.412 e. The zero-order chi connectivity index (χ0) is 21.5. The molecule has 9 heteroatoms. The molecule has 0 radical (unpaired) electrons. The third kappa shape index (κ3) is 5.64. The molecule has 1 N–H and O–H groups in total. The van der Waals surface area contributed by atoms with Crippen LogP contribution in [0.25, 0.3) is 10.9 Å². The molecule has 0 saturated carbocycles. The normalized spacial score (nSPS) is 10.6. The number of hydrogen-bond acceptors (Lipinski definition) is 5. The average molecular weight is 431 g/mol. The van der Waals surface area contributed by atoms with E-state index in [1.165, 1.54) is 11.0 Å². The van der Waals surface area contributed by atoms with Gasteiger partial charge in [-0.05, 0) is 30.2 Å². The first-order chi connectivity index (χ1) is 14.4. The number of anilines is 1. The molecule has 0 atom stereocenters. The molecule has 30 heavy (non-hydrogen) atoms. The number of benzene rings is 1. The number of halogens is 2. The smallest absolute Gasteiger partial charge is 0.412 e. The van der Waals surface area contributed by atoms with Crippen LogP contribution in [0, 0.1) is 5.82 Å². The number of carbonyl (C=O) groups is 2. The maximum absolute atomic E-state index is 13.4. The zero-order valence-corrected chi connectivity index (χ0v) is 17.0. The van der Waals surface area contributed by atoms with Gasteiger partial charge < -0.3 is 9.64 Å². The van der Waals surface area contributed by atoms with Crippen LogP contribution in [0.5, 0.6) is 0 Å². The van der Waals surface area contributed by atoms with E-state index in [-0.39, 0.29) is 30.5 Å². The lowest BCUT2D eigenvalue weighted by atomic mass is 10.1. The molecule has 2 heterocycles. The lowest BCUT2D eigenvalue weighted by Crippen LogP contribution is -2.31. The van der Waals surface area contributed by atoms with Crippen molar-refractivity contribution in [1.29, 1.82) is 0 Å². The van der Waals surface area contributed by atoms with E-state index in [0.29, 0.717) is 17.8 Å². The first kappa shape index (κ1) is 21.4. The summed E-state index contributed by atoms with van der Waals surface area (Å²) in [6.07, 6.45) is 3.04. The molecule has 0 saturated heterocycles. The van der Waals surface area contributed by atoms with Crippen molar-refractivity contribution in [3.05, 3.63) is 65.2 Å². The number of aromatic nitrogens is 2. The Morgan fingerprint density at radius 2 is 2.07 bits per heavy atom. The third-order valence-corrected chi connectivity index (χ3v) is 4.87. The number of nitrogens with zero attached hydrogens (tertiary/aromatic N) is 3. The number of amides is 2. The highest BCUT2D eigenvalue weighted by Crippen LogP contribution is 2.21. The molecule has 0 fully saturated rings. The van der Waals surface area contributed by atoms with Gasteiger partial charge in [0.05, 0.1) is 23.3 Å². The number of hydrogen-bond donors (Lipinski definition) is 1. The van der Waals surface area contributed by atoms with E-state index in [1.807, 2.05) is 6.07 Å². The lowest BCUT2D eigenvalue weighted by molar-refractivity contribution is -0.130. The molecular weight excluding hydrogens is 411 g/mol. The first-order valence-corrected chi connectivity index (χ1v) is 9.63. The van der Waals surface area contributed by atoms with E-state index in [2.05, 4.69) is 15.3 Å². The molecule has 7 nitrogen and oxygen atoms in total. The zero-order valence-electron chi connectivity index (χ0n) is 16.3. The minimum atomic E-state index is -0.668. The molecule has 0 aliphatic carbocycles. The number of carbonyl (C=O) groups excluding carboxylic acids is 2. The predicted octanol–water partition coefficient (Wildman–Crippen LogP) is 4.06. The van der Waals surface area contributed by atoms with Crippen LogP contribution < -0.4 is 5.32 Å². The molecule has 1 aromatic carbocycles. The van der Waals surface area contributed by atoms with Crippen LogP contribution in [0.4, 0.5) is 15.0 Å². The van der Waals surface area contributed by atoms with Crippen molar-refractivity contribution in [1.82, 2.24) is 14.9 Å². The largest absolute Gasteiger partial charge is 0.447 e. The molecule has 0 aliphatic heterocycles. The summed E-state index contributed by atoms with van der Waals surface area (Å²) < 4.78 is 18.6. The number of nitrogens with one attached hydrogen (secondary N) is 1. The Labute approximate surface area is 177 Å². The molecular formula is C21H20ClFN4O3. The second-order valence-corrected chi connectivity index (χ2v) is 6.93. The van der Waals surface area contributed by atoms with Gasteiger partial charge in [-0.1, -0.05) is 29.8 Å². The highest BCUT2D eigenvalue weighted by atomic mass is 35.5. The average Bonchev–Trinajstić information content (AvgIpc) is 2.74. The van der Waals surface area contributed by atoms with E-state index in [9.17, 15) is 14.0 Å². The number of likely N-dealkylation sites (N-methyl/N-ethyl adjacent to an activating group) is 1. The Bertz CT molecular complexity index is 1060. The minimum absolute atomic E-state index is 0.0178. The van der Waals surface area contributed by atoms with E-state index >= 15 is 0 Å². The van der Waals surface area contributed by atoms with Gasteiger partial charge in [0.15, 0.2) is 0 Å². The minimum Gasteiger partial charge on any atom is -0.447 e. The van der Waals surface area contributed by atoms with Crippen molar-refractivity contribution in [2.75, 3.05) is 25.5 Å². The van der Waals surface area contributed by atoms with Gasteiger partial charge >= 0.3 is 6.09 Å². The van der Waals surface area contributed by atoms with Crippen molar-refractivity contribution in [2.24, 2.45) is 0 Å². The molecule has 3 rings (SSSR count). The summed E-state index contributed by atoms with van der Waals surface area (Å²) in [5.41, 5.74) is 1.29. The molecule has 2 aromatic heterocycles. The first-order valence-electron chi connectivity index (χ1n) is 9.25. The summed E-state index contributed by atoms with van der Waals surface area (Å²) in [6.45, 7) is 0.238. The molecule has 3 aromatic rings. The Morgan fingerprint density at radius 1 is 1.23 bits per heavy atom. The number of pyridine rings is 2. The van der Waals surface area contributed by atoms with Gasteiger partial charge in [-0.2, -0.15) is 0 Å². The fourth-order valence-electron chi connectivity index (χ4n) is 2.76. The van der Waals surface area contributed by atoms with Gasteiger partial charge in [0.1, 0.15) is 18.2 Å². The second-order valence-electron chi connectivity index (χ2n) is 6.55. The second kappa shape index (κ2) is 9.98. The van der Waals surface area contributed by atoms with Crippen molar-refractivity contribution in [3.63, 3.8) is 0 Å². The van der Waals surface area contributed by atoms with E-state index in [1.54, 1.807) is 43.7 Å². The van der Waals surface area contributed by atoms with Crippen LogP contribution in [0.3, 0.4) is 0 Å². The van der Waals surface area contributed by atoms with Gasteiger partial charge in [0.2, 0.25) is 5.91 Å². The van der Waals surface area contributed by atoms with Crippen LogP contribution in [-0.2, 0) is 16.0 Å². The predicted molar refractivity (Wildman–Crippen MR) is 112 cm³/mol. The molecule has 0 bridgehead atoms. The number of ether oxygens (including phenoxy) is 1. The van der Waals surface area contributed by atoms with Crippen LogP contribution in [0.1, 0.15) is 12.0 Å². The monoisotopic (exact) mass is 430 g/mol. The van der Waals surface area contributed by atoms with Crippen molar-refractivity contribution in [3.8, 4) is 0 Å². The highest BCUT2D eigenvalue weighted by molar-refractivity contribution is 6.31. The van der Waals surface area contributed by atoms with Gasteiger partial charge in [-0.25, -0.2) is 14.2 Å². The topological polar surface area (TPSA) is 84.4 Å².